The van der Waals surface area contributed by atoms with Crippen molar-refractivity contribution >= 4 is 5.91 Å². The van der Waals surface area contributed by atoms with Gasteiger partial charge in [-0.05, 0) is 47.0 Å². The Morgan fingerprint density at radius 2 is 1.72 bits per heavy atom. The Balaban J connectivity index is 2.80. The van der Waals surface area contributed by atoms with Crippen molar-refractivity contribution in [3.05, 3.63) is 0 Å². The summed E-state index contributed by atoms with van der Waals surface area (Å²) in [5, 5.41) is 3.67. The maximum Gasteiger partial charge on any atom is 0.219 e. The zero-order valence-electron chi connectivity index (χ0n) is 13.0. The lowest BCUT2D eigenvalue weighted by atomic mass is 9.79. The molecule has 3 nitrogen and oxygen atoms in total. The third-order valence-electron chi connectivity index (χ3n) is 3.77. The Bertz CT molecular complexity index is 281. The van der Waals surface area contributed by atoms with E-state index in [0.717, 1.165) is 32.2 Å². The van der Waals surface area contributed by atoms with E-state index >= 15 is 0 Å². The molecule has 1 N–H and O–H groups in total. The predicted molar refractivity (Wildman–Crippen MR) is 76.6 cm³/mol. The quantitative estimate of drug-likeness (QED) is 0.836. The summed E-state index contributed by atoms with van der Waals surface area (Å²) in [6, 6.07) is 0.375. The van der Waals surface area contributed by atoms with Crippen LogP contribution in [0.5, 0.6) is 0 Å². The molecule has 1 aliphatic rings. The molecular weight excluding hydrogens is 224 g/mol. The second-order valence-corrected chi connectivity index (χ2v) is 7.02. The molecule has 0 aromatic rings. The number of amides is 1. The van der Waals surface area contributed by atoms with Gasteiger partial charge in [0.2, 0.25) is 5.91 Å². The van der Waals surface area contributed by atoms with Crippen LogP contribution in [0.1, 0.15) is 67.2 Å². The van der Waals surface area contributed by atoms with Gasteiger partial charge in [-0.1, -0.05) is 13.3 Å². The van der Waals surface area contributed by atoms with Crippen molar-refractivity contribution in [2.24, 2.45) is 0 Å². The molecule has 0 aromatic carbocycles. The zero-order valence-corrected chi connectivity index (χ0v) is 13.0. The van der Waals surface area contributed by atoms with Gasteiger partial charge in [-0.2, -0.15) is 0 Å². The lowest BCUT2D eigenvalue weighted by Gasteiger charge is -2.49. The van der Waals surface area contributed by atoms with E-state index in [0.29, 0.717) is 6.04 Å². The van der Waals surface area contributed by atoms with Gasteiger partial charge in [-0.25, -0.2) is 0 Å². The fourth-order valence-electron chi connectivity index (χ4n) is 3.41. The molecule has 1 aliphatic heterocycles. The Labute approximate surface area is 112 Å². The number of carbonyl (C=O) groups excluding carboxylic acids is 1. The van der Waals surface area contributed by atoms with Gasteiger partial charge in [0.25, 0.3) is 0 Å². The van der Waals surface area contributed by atoms with Crippen LogP contribution in [-0.2, 0) is 4.79 Å². The Kier molecular flexibility index (Phi) is 4.82. The Hall–Kier alpha value is -0.570. The molecule has 0 bridgehead atoms. The summed E-state index contributed by atoms with van der Waals surface area (Å²) in [7, 11) is 0. The van der Waals surface area contributed by atoms with E-state index in [2.05, 4.69) is 44.8 Å². The second kappa shape index (κ2) is 5.60. The van der Waals surface area contributed by atoms with E-state index in [-0.39, 0.29) is 17.0 Å². The fraction of sp³-hybridized carbons (Fsp3) is 0.933. The number of nitrogens with one attached hydrogen (secondary N) is 1. The summed E-state index contributed by atoms with van der Waals surface area (Å²) >= 11 is 0. The molecule has 0 saturated carbocycles. The number of carbonyl (C=O) groups is 1. The normalized spacial score (nSPS) is 22.8. The van der Waals surface area contributed by atoms with Crippen LogP contribution in [0.4, 0.5) is 0 Å². The SMILES string of the molecule is CCCCN(C(C)=O)C1CC(C)(C)NC(C)(C)C1. The first-order valence-electron chi connectivity index (χ1n) is 7.23. The van der Waals surface area contributed by atoms with Gasteiger partial charge in [0.1, 0.15) is 0 Å². The molecule has 0 atom stereocenters. The first-order valence-corrected chi connectivity index (χ1v) is 7.23. The van der Waals surface area contributed by atoms with Gasteiger partial charge in [-0.3, -0.25) is 4.79 Å². The molecule has 106 valence electrons. The number of hydrogen-bond acceptors (Lipinski definition) is 2. The van der Waals surface area contributed by atoms with Gasteiger partial charge >= 0.3 is 0 Å². The predicted octanol–water partition coefficient (Wildman–Crippen LogP) is 2.94. The minimum absolute atomic E-state index is 0.104. The van der Waals surface area contributed by atoms with Crippen molar-refractivity contribution < 1.29 is 4.79 Å². The molecule has 0 spiro atoms. The van der Waals surface area contributed by atoms with Crippen LogP contribution in [0.15, 0.2) is 0 Å². The van der Waals surface area contributed by atoms with Crippen molar-refractivity contribution in [2.45, 2.75) is 84.3 Å². The molecule has 0 unspecified atom stereocenters. The van der Waals surface area contributed by atoms with Crippen LogP contribution in [-0.4, -0.2) is 34.5 Å². The average molecular weight is 254 g/mol. The van der Waals surface area contributed by atoms with Crippen molar-refractivity contribution in [3.63, 3.8) is 0 Å². The van der Waals surface area contributed by atoms with E-state index in [1.165, 1.54) is 0 Å². The summed E-state index contributed by atoms with van der Waals surface area (Å²) in [5.41, 5.74) is 0.207. The van der Waals surface area contributed by atoms with Gasteiger partial charge in [0.05, 0.1) is 0 Å². The Morgan fingerprint density at radius 3 is 2.11 bits per heavy atom. The average Bonchev–Trinajstić information content (AvgIpc) is 2.12. The molecule has 3 heteroatoms. The van der Waals surface area contributed by atoms with E-state index < -0.39 is 0 Å². The highest BCUT2D eigenvalue weighted by Crippen LogP contribution is 2.31. The van der Waals surface area contributed by atoms with Crippen molar-refractivity contribution in [3.8, 4) is 0 Å². The van der Waals surface area contributed by atoms with Crippen LogP contribution >= 0.6 is 0 Å². The maximum absolute atomic E-state index is 11.9. The summed E-state index contributed by atoms with van der Waals surface area (Å²) in [6.07, 6.45) is 4.32. The summed E-state index contributed by atoms with van der Waals surface area (Å²) in [5.74, 6) is 0.224. The highest BCUT2D eigenvalue weighted by molar-refractivity contribution is 5.73. The minimum Gasteiger partial charge on any atom is -0.340 e. The Morgan fingerprint density at radius 1 is 1.22 bits per heavy atom. The van der Waals surface area contributed by atoms with Crippen LogP contribution in [0.3, 0.4) is 0 Å². The molecule has 1 heterocycles. The summed E-state index contributed by atoms with van der Waals surface area (Å²) < 4.78 is 0. The van der Waals surface area contributed by atoms with E-state index in [1.54, 1.807) is 6.92 Å². The molecular formula is C15H30N2O. The number of nitrogens with zero attached hydrogens (tertiary/aromatic N) is 1. The van der Waals surface area contributed by atoms with Gasteiger partial charge < -0.3 is 10.2 Å². The van der Waals surface area contributed by atoms with Crippen LogP contribution in [0.25, 0.3) is 0 Å². The molecule has 0 radical (unpaired) electrons. The monoisotopic (exact) mass is 254 g/mol. The van der Waals surface area contributed by atoms with Gasteiger partial charge in [-0.15, -0.1) is 0 Å². The zero-order chi connectivity index (χ0) is 14.0. The third kappa shape index (κ3) is 4.27. The molecule has 1 rings (SSSR count). The van der Waals surface area contributed by atoms with Crippen molar-refractivity contribution in [1.82, 2.24) is 10.2 Å². The number of rotatable bonds is 4. The maximum atomic E-state index is 11.9. The number of unbranched alkanes of at least 4 members (excludes halogenated alkanes) is 1. The lowest BCUT2D eigenvalue weighted by molar-refractivity contribution is -0.133. The van der Waals surface area contributed by atoms with Crippen LogP contribution < -0.4 is 5.32 Å². The van der Waals surface area contributed by atoms with Crippen LogP contribution in [0, 0.1) is 0 Å². The van der Waals surface area contributed by atoms with E-state index in [1.807, 2.05) is 0 Å². The third-order valence-corrected chi connectivity index (χ3v) is 3.77. The molecule has 1 saturated heterocycles. The summed E-state index contributed by atoms with van der Waals surface area (Å²) in [4.78, 5) is 14.0. The van der Waals surface area contributed by atoms with Crippen LogP contribution in [0.2, 0.25) is 0 Å². The fourth-order valence-corrected chi connectivity index (χ4v) is 3.41. The highest BCUT2D eigenvalue weighted by Gasteiger charge is 2.40. The first kappa shape index (κ1) is 15.5. The van der Waals surface area contributed by atoms with E-state index in [4.69, 9.17) is 0 Å². The highest BCUT2D eigenvalue weighted by atomic mass is 16.2. The number of hydrogen-bond donors (Lipinski definition) is 1. The molecule has 18 heavy (non-hydrogen) atoms. The molecule has 1 fully saturated rings. The molecule has 1 amide bonds. The molecule has 0 aromatic heterocycles. The number of piperidine rings is 1. The largest absolute Gasteiger partial charge is 0.340 e. The van der Waals surface area contributed by atoms with Crippen molar-refractivity contribution in [2.75, 3.05) is 6.54 Å². The van der Waals surface area contributed by atoms with Gasteiger partial charge in [0, 0.05) is 30.6 Å². The second-order valence-electron chi connectivity index (χ2n) is 7.02. The molecule has 0 aliphatic carbocycles. The standard InChI is InChI=1S/C15H30N2O/c1-7-8-9-17(12(2)18)13-10-14(3,4)16-15(5,6)11-13/h13,16H,7-11H2,1-6H3. The first-order chi connectivity index (χ1) is 8.17. The van der Waals surface area contributed by atoms with Crippen molar-refractivity contribution in [1.29, 1.82) is 0 Å². The minimum atomic E-state index is 0.104. The smallest absolute Gasteiger partial charge is 0.219 e. The van der Waals surface area contributed by atoms with E-state index in [9.17, 15) is 4.79 Å². The van der Waals surface area contributed by atoms with Gasteiger partial charge in [0.15, 0.2) is 0 Å². The topological polar surface area (TPSA) is 32.3 Å². The lowest BCUT2D eigenvalue weighted by Crippen LogP contribution is -2.62. The summed E-state index contributed by atoms with van der Waals surface area (Å²) in [6.45, 7) is 13.7.